The van der Waals surface area contributed by atoms with Gasteiger partial charge in [-0.1, -0.05) is 12.1 Å². The van der Waals surface area contributed by atoms with E-state index in [1.54, 1.807) is 19.5 Å². The molecule has 7 nitrogen and oxygen atoms in total. The molecular weight excluding hydrogens is 380 g/mol. The van der Waals surface area contributed by atoms with Gasteiger partial charge >= 0.3 is 0 Å². The molecule has 0 unspecified atom stereocenters. The van der Waals surface area contributed by atoms with Crippen molar-refractivity contribution in [3.05, 3.63) is 66.5 Å². The number of nitrogens with one attached hydrogen (secondary N) is 1. The average Bonchev–Trinajstić information content (AvgIpc) is 3.09. The van der Waals surface area contributed by atoms with Gasteiger partial charge < -0.3 is 19.7 Å². The van der Waals surface area contributed by atoms with Gasteiger partial charge in [0.2, 0.25) is 5.95 Å². The third-order valence-corrected chi connectivity index (χ3v) is 4.97. The Morgan fingerprint density at radius 1 is 0.967 bits per heavy atom. The summed E-state index contributed by atoms with van der Waals surface area (Å²) in [5.74, 6) is 1.34. The zero-order valence-electron chi connectivity index (χ0n) is 16.9. The minimum absolute atomic E-state index is 0.0344. The van der Waals surface area contributed by atoms with E-state index < -0.39 is 0 Å². The molecule has 2 aromatic carbocycles. The smallest absolute Gasteiger partial charge is 0.253 e. The standard InChI is InChI=1S/C23H24N4O3/c1-29-21-9-5-17(6-10-21)19-15-24-23(25-16-19)26-20-7-3-18(4-8-20)22(28)27-11-2-13-30-14-12-27/h3-10,15-16H,2,11-14H2,1H3,(H,24,25,26). The molecule has 0 atom stereocenters. The van der Waals surface area contributed by atoms with E-state index in [1.165, 1.54) is 0 Å². The maximum absolute atomic E-state index is 12.7. The van der Waals surface area contributed by atoms with E-state index in [-0.39, 0.29) is 5.91 Å². The molecule has 1 aromatic heterocycles. The molecule has 3 aromatic rings. The van der Waals surface area contributed by atoms with Gasteiger partial charge in [-0.05, 0) is 48.4 Å². The minimum atomic E-state index is 0.0344. The average molecular weight is 404 g/mol. The van der Waals surface area contributed by atoms with Gasteiger partial charge in [-0.2, -0.15) is 0 Å². The molecule has 1 N–H and O–H groups in total. The van der Waals surface area contributed by atoms with Crippen molar-refractivity contribution in [3.63, 3.8) is 0 Å². The van der Waals surface area contributed by atoms with E-state index in [9.17, 15) is 4.79 Å². The molecule has 7 heteroatoms. The van der Waals surface area contributed by atoms with Gasteiger partial charge in [0.25, 0.3) is 5.91 Å². The van der Waals surface area contributed by atoms with Crippen LogP contribution in [0.1, 0.15) is 16.8 Å². The van der Waals surface area contributed by atoms with Crippen LogP contribution in [-0.2, 0) is 4.74 Å². The summed E-state index contributed by atoms with van der Waals surface area (Å²) in [7, 11) is 1.64. The summed E-state index contributed by atoms with van der Waals surface area (Å²) in [6.07, 6.45) is 4.42. The Morgan fingerprint density at radius 3 is 2.40 bits per heavy atom. The van der Waals surface area contributed by atoms with Crippen LogP contribution in [0.15, 0.2) is 60.9 Å². The molecular formula is C23H24N4O3. The Bertz CT molecular complexity index is 965. The summed E-state index contributed by atoms with van der Waals surface area (Å²) in [5.41, 5.74) is 3.43. The van der Waals surface area contributed by atoms with Crippen LogP contribution in [0.4, 0.5) is 11.6 Å². The third kappa shape index (κ3) is 4.75. The van der Waals surface area contributed by atoms with Crippen LogP contribution >= 0.6 is 0 Å². The lowest BCUT2D eigenvalue weighted by Gasteiger charge is -2.19. The Balaban J connectivity index is 1.39. The van der Waals surface area contributed by atoms with Crippen molar-refractivity contribution >= 4 is 17.5 Å². The second-order valence-electron chi connectivity index (χ2n) is 6.98. The van der Waals surface area contributed by atoms with Crippen molar-refractivity contribution in [3.8, 4) is 16.9 Å². The molecule has 4 rings (SSSR count). The van der Waals surface area contributed by atoms with Crippen LogP contribution in [0, 0.1) is 0 Å². The molecule has 1 fully saturated rings. The lowest BCUT2D eigenvalue weighted by atomic mass is 10.1. The van der Waals surface area contributed by atoms with Crippen LogP contribution in [0.2, 0.25) is 0 Å². The predicted molar refractivity (Wildman–Crippen MR) is 115 cm³/mol. The van der Waals surface area contributed by atoms with E-state index in [1.807, 2.05) is 53.4 Å². The summed E-state index contributed by atoms with van der Waals surface area (Å²) in [5, 5.41) is 3.17. The lowest BCUT2D eigenvalue weighted by Crippen LogP contribution is -2.33. The number of aromatic nitrogens is 2. The SMILES string of the molecule is COc1ccc(-c2cnc(Nc3ccc(C(=O)N4CCCOCC4)cc3)nc2)cc1. The van der Waals surface area contributed by atoms with Crippen LogP contribution in [0.3, 0.4) is 0 Å². The molecule has 30 heavy (non-hydrogen) atoms. The number of ether oxygens (including phenoxy) is 2. The number of carbonyl (C=O) groups excluding carboxylic acids is 1. The first-order valence-electron chi connectivity index (χ1n) is 9.93. The lowest BCUT2D eigenvalue weighted by molar-refractivity contribution is 0.0741. The minimum Gasteiger partial charge on any atom is -0.497 e. The first kappa shape index (κ1) is 19.8. The highest BCUT2D eigenvalue weighted by Crippen LogP contribution is 2.22. The molecule has 0 radical (unpaired) electrons. The molecule has 1 amide bonds. The molecule has 154 valence electrons. The van der Waals surface area contributed by atoms with Crippen molar-refractivity contribution in [2.24, 2.45) is 0 Å². The van der Waals surface area contributed by atoms with Gasteiger partial charge in [0, 0.05) is 48.9 Å². The first-order valence-corrected chi connectivity index (χ1v) is 9.93. The zero-order valence-corrected chi connectivity index (χ0v) is 16.9. The molecule has 2 heterocycles. The second kappa shape index (κ2) is 9.37. The number of rotatable bonds is 5. The number of methoxy groups -OCH3 is 1. The van der Waals surface area contributed by atoms with Crippen LogP contribution in [0.25, 0.3) is 11.1 Å². The predicted octanol–water partition coefficient (Wildman–Crippen LogP) is 3.76. The molecule has 0 aliphatic carbocycles. The molecule has 1 saturated heterocycles. The highest BCUT2D eigenvalue weighted by Gasteiger charge is 2.17. The highest BCUT2D eigenvalue weighted by atomic mass is 16.5. The number of hydrogen-bond donors (Lipinski definition) is 1. The Hall–Kier alpha value is -3.45. The van der Waals surface area contributed by atoms with Gasteiger partial charge in [0.1, 0.15) is 5.75 Å². The number of amides is 1. The topological polar surface area (TPSA) is 76.6 Å². The normalized spacial score (nSPS) is 14.1. The molecule has 1 aliphatic rings. The fraction of sp³-hybridized carbons (Fsp3) is 0.261. The van der Waals surface area contributed by atoms with E-state index in [0.717, 1.165) is 35.5 Å². The van der Waals surface area contributed by atoms with E-state index in [0.29, 0.717) is 31.3 Å². The summed E-state index contributed by atoms with van der Waals surface area (Å²) in [6.45, 7) is 2.67. The molecule has 1 aliphatic heterocycles. The van der Waals surface area contributed by atoms with Gasteiger partial charge in [-0.25, -0.2) is 9.97 Å². The Morgan fingerprint density at radius 2 is 1.70 bits per heavy atom. The Kier molecular flexibility index (Phi) is 6.20. The van der Waals surface area contributed by atoms with Gasteiger partial charge in [-0.15, -0.1) is 0 Å². The highest BCUT2D eigenvalue weighted by molar-refractivity contribution is 5.94. The van der Waals surface area contributed by atoms with Crippen molar-refractivity contribution in [1.29, 1.82) is 0 Å². The summed E-state index contributed by atoms with van der Waals surface area (Å²) in [6, 6.07) is 15.1. The summed E-state index contributed by atoms with van der Waals surface area (Å²) < 4.78 is 10.6. The fourth-order valence-electron chi connectivity index (χ4n) is 3.28. The van der Waals surface area contributed by atoms with Crippen molar-refractivity contribution in [2.75, 3.05) is 38.7 Å². The summed E-state index contributed by atoms with van der Waals surface area (Å²) in [4.78, 5) is 23.3. The van der Waals surface area contributed by atoms with Gasteiger partial charge in [-0.3, -0.25) is 4.79 Å². The second-order valence-corrected chi connectivity index (χ2v) is 6.98. The maximum Gasteiger partial charge on any atom is 0.253 e. The number of hydrogen-bond acceptors (Lipinski definition) is 6. The van der Waals surface area contributed by atoms with E-state index in [2.05, 4.69) is 15.3 Å². The van der Waals surface area contributed by atoms with Crippen LogP contribution in [-0.4, -0.2) is 54.2 Å². The van der Waals surface area contributed by atoms with E-state index in [4.69, 9.17) is 9.47 Å². The number of anilines is 2. The zero-order chi connectivity index (χ0) is 20.8. The quantitative estimate of drug-likeness (QED) is 0.698. The van der Waals surface area contributed by atoms with Crippen LogP contribution in [0.5, 0.6) is 5.75 Å². The molecule has 0 saturated carbocycles. The summed E-state index contributed by atoms with van der Waals surface area (Å²) >= 11 is 0. The number of carbonyl (C=O) groups is 1. The molecule has 0 spiro atoms. The largest absolute Gasteiger partial charge is 0.497 e. The van der Waals surface area contributed by atoms with Gasteiger partial charge in [0.15, 0.2) is 0 Å². The van der Waals surface area contributed by atoms with Gasteiger partial charge in [0.05, 0.1) is 13.7 Å². The monoisotopic (exact) mass is 404 g/mol. The number of nitrogens with zero attached hydrogens (tertiary/aromatic N) is 3. The third-order valence-electron chi connectivity index (χ3n) is 4.97. The van der Waals surface area contributed by atoms with Crippen LogP contribution < -0.4 is 10.1 Å². The number of benzene rings is 2. The van der Waals surface area contributed by atoms with Crippen molar-refractivity contribution < 1.29 is 14.3 Å². The first-order chi connectivity index (χ1) is 14.7. The van der Waals surface area contributed by atoms with E-state index >= 15 is 0 Å². The fourth-order valence-corrected chi connectivity index (χ4v) is 3.28. The molecule has 0 bridgehead atoms. The van der Waals surface area contributed by atoms with Crippen molar-refractivity contribution in [2.45, 2.75) is 6.42 Å². The Labute approximate surface area is 175 Å². The maximum atomic E-state index is 12.7. The van der Waals surface area contributed by atoms with Crippen molar-refractivity contribution in [1.82, 2.24) is 14.9 Å².